The number of carbonyl (C=O) groups is 2. The number of alkyl halides is 1. The first-order chi connectivity index (χ1) is 11.8. The average molecular weight is 352 g/mol. The van der Waals surface area contributed by atoms with Crippen LogP contribution in [0.25, 0.3) is 0 Å². The third-order valence-corrected chi connectivity index (χ3v) is 4.18. The highest BCUT2D eigenvalue weighted by Crippen LogP contribution is 2.18. The van der Waals surface area contributed by atoms with E-state index in [1.165, 1.54) is 24.3 Å². The Labute approximate surface area is 146 Å². The Morgan fingerprint density at radius 2 is 1.96 bits per heavy atom. The zero-order valence-electron chi connectivity index (χ0n) is 14.7. The number of amides is 2. The van der Waals surface area contributed by atoms with Gasteiger partial charge in [0, 0.05) is 5.56 Å². The van der Waals surface area contributed by atoms with Gasteiger partial charge in [0.2, 0.25) is 5.91 Å². The van der Waals surface area contributed by atoms with E-state index in [9.17, 15) is 19.1 Å². The summed E-state index contributed by atoms with van der Waals surface area (Å²) in [5.41, 5.74) is 0.334. The largest absolute Gasteiger partial charge is 0.508 e. The summed E-state index contributed by atoms with van der Waals surface area (Å²) < 4.78 is 19.0. The van der Waals surface area contributed by atoms with Crippen LogP contribution >= 0.6 is 0 Å². The Morgan fingerprint density at radius 1 is 1.32 bits per heavy atom. The summed E-state index contributed by atoms with van der Waals surface area (Å²) in [4.78, 5) is 24.9. The Bertz CT molecular complexity index is 596. The van der Waals surface area contributed by atoms with Gasteiger partial charge in [-0.05, 0) is 43.5 Å². The van der Waals surface area contributed by atoms with Crippen molar-refractivity contribution in [1.82, 2.24) is 10.6 Å². The number of rotatable bonds is 6. The molecule has 6 nitrogen and oxygen atoms in total. The van der Waals surface area contributed by atoms with Crippen molar-refractivity contribution in [3.63, 3.8) is 0 Å². The van der Waals surface area contributed by atoms with Crippen molar-refractivity contribution in [3.05, 3.63) is 29.8 Å². The minimum atomic E-state index is -1.26. The molecule has 0 spiro atoms. The second-order valence-corrected chi connectivity index (χ2v) is 6.79. The molecule has 1 aliphatic heterocycles. The van der Waals surface area contributed by atoms with E-state index in [-0.39, 0.29) is 18.3 Å². The van der Waals surface area contributed by atoms with Crippen LogP contribution in [0.3, 0.4) is 0 Å². The lowest BCUT2D eigenvalue weighted by Gasteiger charge is -2.24. The monoisotopic (exact) mass is 352 g/mol. The van der Waals surface area contributed by atoms with E-state index in [0.717, 1.165) is 0 Å². The summed E-state index contributed by atoms with van der Waals surface area (Å²) in [5, 5.41) is 14.6. The van der Waals surface area contributed by atoms with Crippen molar-refractivity contribution in [2.75, 3.05) is 6.61 Å². The molecule has 1 aromatic rings. The molecule has 7 heteroatoms. The molecular weight excluding hydrogens is 327 g/mol. The lowest BCUT2D eigenvalue weighted by molar-refractivity contribution is -0.124. The van der Waals surface area contributed by atoms with E-state index in [1.807, 2.05) is 13.8 Å². The van der Waals surface area contributed by atoms with Crippen LogP contribution in [-0.4, -0.2) is 47.9 Å². The van der Waals surface area contributed by atoms with Crippen molar-refractivity contribution in [2.45, 2.75) is 51.6 Å². The van der Waals surface area contributed by atoms with Gasteiger partial charge in [0.25, 0.3) is 5.91 Å². The number of phenolic OH excluding ortho intramolecular Hbond substituents is 1. The molecule has 0 bridgehead atoms. The maximum Gasteiger partial charge on any atom is 0.251 e. The maximum absolute atomic E-state index is 13.8. The number of phenols is 1. The number of ether oxygens (including phenoxy) is 1. The van der Waals surface area contributed by atoms with Crippen LogP contribution in [0.15, 0.2) is 24.3 Å². The van der Waals surface area contributed by atoms with Crippen LogP contribution < -0.4 is 10.6 Å². The maximum atomic E-state index is 13.8. The van der Waals surface area contributed by atoms with Crippen LogP contribution in [-0.2, 0) is 9.53 Å². The highest BCUT2D eigenvalue weighted by atomic mass is 19.1. The third kappa shape index (κ3) is 5.16. The zero-order chi connectivity index (χ0) is 18.6. The molecule has 1 fully saturated rings. The Hall–Kier alpha value is -2.15. The lowest BCUT2D eigenvalue weighted by Crippen LogP contribution is -2.53. The van der Waals surface area contributed by atoms with E-state index in [4.69, 9.17) is 4.74 Å². The van der Waals surface area contributed by atoms with Gasteiger partial charge in [-0.3, -0.25) is 9.59 Å². The molecule has 0 radical (unpaired) electrons. The van der Waals surface area contributed by atoms with Crippen molar-refractivity contribution < 1.29 is 23.8 Å². The fourth-order valence-corrected chi connectivity index (χ4v) is 2.78. The van der Waals surface area contributed by atoms with Gasteiger partial charge in [-0.25, -0.2) is 4.39 Å². The number of nitrogens with one attached hydrogen (secondary N) is 2. The fraction of sp³-hybridized carbons (Fsp3) is 0.556. The molecule has 2 rings (SSSR count). The van der Waals surface area contributed by atoms with Crippen LogP contribution in [0.2, 0.25) is 0 Å². The standard InChI is InChI=1S/C18H25FN2O4/c1-10(2)8-15(18(24)21-16-11(3)25-9-14(16)19)20-17(23)12-4-6-13(22)7-5-12/h4-7,10-11,14-16,22H,8-9H2,1-3H3,(H,20,23)(H,21,24)/t11-,14?,15+,16+/m1/s1. The van der Waals surface area contributed by atoms with Gasteiger partial charge < -0.3 is 20.5 Å². The fourth-order valence-electron chi connectivity index (χ4n) is 2.78. The summed E-state index contributed by atoms with van der Waals surface area (Å²) in [7, 11) is 0. The van der Waals surface area contributed by atoms with Gasteiger partial charge in [0.1, 0.15) is 18.0 Å². The van der Waals surface area contributed by atoms with Gasteiger partial charge in [-0.2, -0.15) is 0 Å². The quantitative estimate of drug-likeness (QED) is 0.728. The van der Waals surface area contributed by atoms with E-state index in [0.29, 0.717) is 12.0 Å². The highest BCUT2D eigenvalue weighted by Gasteiger charge is 2.37. The van der Waals surface area contributed by atoms with Crippen molar-refractivity contribution in [3.8, 4) is 5.75 Å². The van der Waals surface area contributed by atoms with E-state index in [1.54, 1.807) is 6.92 Å². The molecule has 1 unspecified atom stereocenters. The Kier molecular flexibility index (Phi) is 6.36. The van der Waals surface area contributed by atoms with Crippen LogP contribution in [0.5, 0.6) is 5.75 Å². The van der Waals surface area contributed by atoms with Gasteiger partial charge in [0.15, 0.2) is 0 Å². The number of hydrogen-bond acceptors (Lipinski definition) is 4. The normalized spacial score (nSPS) is 24.1. The Morgan fingerprint density at radius 3 is 2.48 bits per heavy atom. The molecule has 2 amide bonds. The number of aromatic hydroxyl groups is 1. The molecule has 0 saturated carbocycles. The first kappa shape index (κ1) is 19.2. The minimum absolute atomic E-state index is 0.0408. The third-order valence-electron chi connectivity index (χ3n) is 4.18. The second-order valence-electron chi connectivity index (χ2n) is 6.79. The molecule has 0 aliphatic carbocycles. The summed E-state index contributed by atoms with van der Waals surface area (Å²) in [6.07, 6.45) is -1.24. The lowest BCUT2D eigenvalue weighted by atomic mass is 10.0. The minimum Gasteiger partial charge on any atom is -0.508 e. The number of benzene rings is 1. The van der Waals surface area contributed by atoms with Crippen LogP contribution in [0.4, 0.5) is 4.39 Å². The predicted molar refractivity (Wildman–Crippen MR) is 91.1 cm³/mol. The number of hydrogen-bond donors (Lipinski definition) is 3. The second kappa shape index (κ2) is 8.29. The Balaban J connectivity index is 2.05. The van der Waals surface area contributed by atoms with E-state index < -0.39 is 36.2 Å². The van der Waals surface area contributed by atoms with E-state index in [2.05, 4.69) is 10.6 Å². The number of halogens is 1. The molecule has 138 valence electrons. The average Bonchev–Trinajstić information content (AvgIpc) is 2.86. The zero-order valence-corrected chi connectivity index (χ0v) is 14.7. The predicted octanol–water partition coefficient (Wildman–Crippen LogP) is 1.78. The molecular formula is C18H25FN2O4. The van der Waals surface area contributed by atoms with Crippen LogP contribution in [0, 0.1) is 5.92 Å². The molecule has 1 heterocycles. The summed E-state index contributed by atoms with van der Waals surface area (Å²) in [6.45, 7) is 5.54. The molecule has 1 saturated heterocycles. The smallest absolute Gasteiger partial charge is 0.251 e. The number of carbonyl (C=O) groups excluding carboxylic acids is 2. The van der Waals surface area contributed by atoms with E-state index >= 15 is 0 Å². The summed E-state index contributed by atoms with van der Waals surface area (Å²) in [6, 6.07) is 4.25. The first-order valence-corrected chi connectivity index (χ1v) is 8.44. The summed E-state index contributed by atoms with van der Waals surface area (Å²) >= 11 is 0. The SMILES string of the molecule is CC(C)C[C@H](NC(=O)c1ccc(O)cc1)C(=O)N[C@@H]1C(F)CO[C@@H]1C. The van der Waals surface area contributed by atoms with Crippen LogP contribution in [0.1, 0.15) is 37.6 Å². The van der Waals surface area contributed by atoms with Crippen molar-refractivity contribution in [2.24, 2.45) is 5.92 Å². The van der Waals surface area contributed by atoms with Gasteiger partial charge >= 0.3 is 0 Å². The van der Waals surface area contributed by atoms with Crippen molar-refractivity contribution in [1.29, 1.82) is 0 Å². The molecule has 4 atom stereocenters. The van der Waals surface area contributed by atoms with Gasteiger partial charge in [-0.15, -0.1) is 0 Å². The molecule has 1 aliphatic rings. The molecule has 0 aromatic heterocycles. The first-order valence-electron chi connectivity index (χ1n) is 8.44. The van der Waals surface area contributed by atoms with Crippen molar-refractivity contribution >= 4 is 11.8 Å². The molecule has 3 N–H and O–H groups in total. The van der Waals surface area contributed by atoms with Gasteiger partial charge in [0.05, 0.1) is 18.8 Å². The van der Waals surface area contributed by atoms with Gasteiger partial charge in [-0.1, -0.05) is 13.8 Å². The highest BCUT2D eigenvalue weighted by molar-refractivity contribution is 5.97. The molecule has 1 aromatic carbocycles. The molecule has 25 heavy (non-hydrogen) atoms. The topological polar surface area (TPSA) is 87.7 Å². The summed E-state index contributed by atoms with van der Waals surface area (Å²) in [5.74, 6) is -0.634.